The normalized spacial score (nSPS) is 17.1. The van der Waals surface area contributed by atoms with Crippen molar-refractivity contribution < 1.29 is 26.4 Å². The van der Waals surface area contributed by atoms with Crippen LogP contribution in [0.2, 0.25) is 0 Å². The third kappa shape index (κ3) is 3.37. The zero-order valence-corrected chi connectivity index (χ0v) is 14.5. The molecule has 26 heavy (non-hydrogen) atoms. The Kier molecular flexibility index (Phi) is 4.20. The van der Waals surface area contributed by atoms with E-state index in [1.165, 1.54) is 12.1 Å². The maximum absolute atomic E-state index is 13.2. The van der Waals surface area contributed by atoms with Crippen molar-refractivity contribution in [3.8, 4) is 0 Å². The van der Waals surface area contributed by atoms with Gasteiger partial charge in [-0.2, -0.15) is 4.72 Å². The van der Waals surface area contributed by atoms with Crippen LogP contribution < -0.4 is 15.4 Å². The van der Waals surface area contributed by atoms with E-state index in [9.17, 15) is 26.4 Å². The zero-order chi connectivity index (χ0) is 19.3. The highest BCUT2D eigenvalue weighted by atomic mass is 32.2. The molecule has 0 aromatic heterocycles. The van der Waals surface area contributed by atoms with E-state index in [1.807, 2.05) is 0 Å². The summed E-state index contributed by atoms with van der Waals surface area (Å²) < 4.78 is 66.5. The molecule has 0 spiro atoms. The Hall–Kier alpha value is -2.59. The fourth-order valence-corrected chi connectivity index (χ4v) is 4.10. The van der Waals surface area contributed by atoms with Gasteiger partial charge in [0.25, 0.3) is 5.91 Å². The molecule has 0 atom stereocenters. The number of halogens is 3. The van der Waals surface area contributed by atoms with Gasteiger partial charge in [-0.05, 0) is 32.0 Å². The molecule has 138 valence electrons. The lowest BCUT2D eigenvalue weighted by molar-refractivity contribution is 0.102. The number of sulfonamides is 1. The Bertz CT molecular complexity index is 1000. The molecule has 2 aromatic carbocycles. The Balaban J connectivity index is 1.93. The van der Waals surface area contributed by atoms with Gasteiger partial charge in [0.1, 0.15) is 4.90 Å². The number of benzene rings is 2. The van der Waals surface area contributed by atoms with Crippen LogP contribution in [0, 0.1) is 17.5 Å². The molecule has 1 heterocycles. The van der Waals surface area contributed by atoms with Crippen molar-refractivity contribution in [3.63, 3.8) is 0 Å². The molecule has 1 aliphatic heterocycles. The standard InChI is InChI=1S/C16H14F3N3O3S/c1-16(2)21-12-4-3-8(5-13(12)26(24,25)22-16)15(23)20-9-6-10(17)14(19)11(18)7-9/h3-7,21-22H,1-2H3,(H,20,23). The van der Waals surface area contributed by atoms with Crippen molar-refractivity contribution >= 4 is 27.3 Å². The van der Waals surface area contributed by atoms with Crippen LogP contribution in [0.25, 0.3) is 0 Å². The highest BCUT2D eigenvalue weighted by Crippen LogP contribution is 2.30. The number of carbonyl (C=O) groups is 1. The van der Waals surface area contributed by atoms with E-state index >= 15 is 0 Å². The average Bonchev–Trinajstić information content (AvgIpc) is 2.50. The Labute approximate surface area is 147 Å². The highest BCUT2D eigenvalue weighted by Gasteiger charge is 2.34. The first-order chi connectivity index (χ1) is 12.0. The summed E-state index contributed by atoms with van der Waals surface area (Å²) >= 11 is 0. The molecule has 0 aliphatic carbocycles. The van der Waals surface area contributed by atoms with Crippen LogP contribution >= 0.6 is 0 Å². The monoisotopic (exact) mass is 385 g/mol. The largest absolute Gasteiger partial charge is 0.366 e. The van der Waals surface area contributed by atoms with Gasteiger partial charge in [-0.25, -0.2) is 21.6 Å². The van der Waals surface area contributed by atoms with Crippen molar-refractivity contribution in [1.29, 1.82) is 0 Å². The minimum atomic E-state index is -3.86. The molecule has 1 amide bonds. The number of nitrogens with one attached hydrogen (secondary N) is 3. The Morgan fingerprint density at radius 3 is 2.31 bits per heavy atom. The molecule has 0 saturated carbocycles. The summed E-state index contributed by atoms with van der Waals surface area (Å²) in [4.78, 5) is 12.1. The average molecular weight is 385 g/mol. The van der Waals surface area contributed by atoms with Gasteiger partial charge in [-0.1, -0.05) is 0 Å². The number of carbonyl (C=O) groups excluding carboxylic acids is 1. The van der Waals surface area contributed by atoms with Crippen LogP contribution in [0.1, 0.15) is 24.2 Å². The third-order valence-corrected chi connectivity index (χ3v) is 5.31. The fourth-order valence-electron chi connectivity index (χ4n) is 2.57. The number of fused-ring (bicyclic) bond motifs is 1. The van der Waals surface area contributed by atoms with Gasteiger partial charge >= 0.3 is 0 Å². The minimum absolute atomic E-state index is 0.0548. The lowest BCUT2D eigenvalue weighted by atomic mass is 10.1. The second-order valence-electron chi connectivity index (χ2n) is 6.27. The molecule has 0 bridgehead atoms. The summed E-state index contributed by atoms with van der Waals surface area (Å²) in [6, 6.07) is 5.14. The number of anilines is 2. The number of hydrogen-bond donors (Lipinski definition) is 3. The van der Waals surface area contributed by atoms with Gasteiger partial charge < -0.3 is 10.6 Å². The van der Waals surface area contributed by atoms with Gasteiger partial charge in [0.05, 0.1) is 11.4 Å². The van der Waals surface area contributed by atoms with Crippen molar-refractivity contribution in [1.82, 2.24) is 4.72 Å². The SMILES string of the molecule is CC1(C)Nc2ccc(C(=O)Nc3cc(F)c(F)c(F)c3)cc2S(=O)(=O)N1. The van der Waals surface area contributed by atoms with Crippen molar-refractivity contribution in [2.45, 2.75) is 24.4 Å². The van der Waals surface area contributed by atoms with Crippen LogP contribution in [0.5, 0.6) is 0 Å². The topological polar surface area (TPSA) is 87.3 Å². The van der Waals surface area contributed by atoms with Crippen LogP contribution in [-0.2, 0) is 10.0 Å². The van der Waals surface area contributed by atoms with E-state index in [-0.39, 0.29) is 16.1 Å². The zero-order valence-electron chi connectivity index (χ0n) is 13.7. The van der Waals surface area contributed by atoms with E-state index in [0.717, 1.165) is 6.07 Å². The lowest BCUT2D eigenvalue weighted by Gasteiger charge is -2.34. The van der Waals surface area contributed by atoms with Crippen LogP contribution in [0.15, 0.2) is 35.2 Å². The molecule has 0 unspecified atom stereocenters. The van der Waals surface area contributed by atoms with Gasteiger partial charge in [0, 0.05) is 23.4 Å². The summed E-state index contributed by atoms with van der Waals surface area (Å²) in [5.74, 6) is -5.37. The molecule has 6 nitrogen and oxygen atoms in total. The summed E-state index contributed by atoms with van der Waals surface area (Å²) in [6.07, 6.45) is 0. The quantitative estimate of drug-likeness (QED) is 0.694. The maximum atomic E-state index is 13.2. The molecule has 3 N–H and O–H groups in total. The van der Waals surface area contributed by atoms with E-state index < -0.39 is 39.0 Å². The molecule has 1 aliphatic rings. The van der Waals surface area contributed by atoms with Crippen LogP contribution in [-0.4, -0.2) is 20.0 Å². The predicted octanol–water partition coefficient (Wildman–Crippen LogP) is 2.80. The smallest absolute Gasteiger partial charge is 0.255 e. The molecule has 0 radical (unpaired) electrons. The molecular weight excluding hydrogens is 371 g/mol. The molecule has 2 aromatic rings. The van der Waals surface area contributed by atoms with E-state index in [0.29, 0.717) is 17.8 Å². The fraction of sp³-hybridized carbons (Fsp3) is 0.188. The van der Waals surface area contributed by atoms with Crippen LogP contribution in [0.3, 0.4) is 0 Å². The lowest BCUT2D eigenvalue weighted by Crippen LogP contribution is -2.52. The number of rotatable bonds is 2. The summed E-state index contributed by atoms with van der Waals surface area (Å²) in [5.41, 5.74) is -0.951. The van der Waals surface area contributed by atoms with E-state index in [2.05, 4.69) is 15.4 Å². The molecule has 0 fully saturated rings. The van der Waals surface area contributed by atoms with Gasteiger partial charge in [0.2, 0.25) is 10.0 Å². The molecule has 0 saturated heterocycles. The summed E-state index contributed by atoms with van der Waals surface area (Å²) in [7, 11) is -3.86. The molecular formula is C16H14F3N3O3S. The van der Waals surface area contributed by atoms with Crippen molar-refractivity contribution in [2.75, 3.05) is 10.6 Å². The van der Waals surface area contributed by atoms with E-state index in [1.54, 1.807) is 13.8 Å². The van der Waals surface area contributed by atoms with Gasteiger partial charge in [-0.3, -0.25) is 4.79 Å². The summed E-state index contributed by atoms with van der Waals surface area (Å²) in [6.45, 7) is 3.26. The van der Waals surface area contributed by atoms with Crippen molar-refractivity contribution in [2.24, 2.45) is 0 Å². The second kappa shape index (κ2) is 5.99. The van der Waals surface area contributed by atoms with Gasteiger partial charge in [-0.15, -0.1) is 0 Å². The number of hydrogen-bond acceptors (Lipinski definition) is 4. The minimum Gasteiger partial charge on any atom is -0.366 e. The predicted molar refractivity (Wildman–Crippen MR) is 88.7 cm³/mol. The van der Waals surface area contributed by atoms with Crippen LogP contribution in [0.4, 0.5) is 24.5 Å². The first-order valence-corrected chi connectivity index (χ1v) is 8.89. The molecule has 3 rings (SSSR count). The highest BCUT2D eigenvalue weighted by molar-refractivity contribution is 7.89. The first kappa shape index (κ1) is 18.2. The first-order valence-electron chi connectivity index (χ1n) is 7.41. The Morgan fingerprint density at radius 1 is 1.08 bits per heavy atom. The maximum Gasteiger partial charge on any atom is 0.255 e. The second-order valence-corrected chi connectivity index (χ2v) is 7.93. The Morgan fingerprint density at radius 2 is 1.69 bits per heavy atom. The van der Waals surface area contributed by atoms with Gasteiger partial charge in [0.15, 0.2) is 17.5 Å². The van der Waals surface area contributed by atoms with Crippen molar-refractivity contribution in [3.05, 3.63) is 53.3 Å². The third-order valence-electron chi connectivity index (χ3n) is 3.61. The molecule has 10 heteroatoms. The van der Waals surface area contributed by atoms with E-state index in [4.69, 9.17) is 0 Å². The summed E-state index contributed by atoms with van der Waals surface area (Å²) in [5, 5.41) is 5.16. The number of amides is 1.